The normalized spacial score (nSPS) is 12.5. The summed E-state index contributed by atoms with van der Waals surface area (Å²) >= 11 is 0. The number of aryl methyl sites for hydroxylation is 1. The van der Waals surface area contributed by atoms with Crippen molar-refractivity contribution in [1.82, 2.24) is 24.4 Å². The molecule has 2 aromatic heterocycles. The fourth-order valence-corrected chi connectivity index (χ4v) is 2.18. The predicted molar refractivity (Wildman–Crippen MR) is 79.7 cm³/mol. The van der Waals surface area contributed by atoms with Crippen LogP contribution in [0, 0.1) is 0 Å². The van der Waals surface area contributed by atoms with Crippen molar-refractivity contribution in [2.45, 2.75) is 52.1 Å². The molecule has 8 nitrogen and oxygen atoms in total. The third kappa shape index (κ3) is 3.49. The summed E-state index contributed by atoms with van der Waals surface area (Å²) in [5, 5.41) is 7.49. The minimum absolute atomic E-state index is 0.0191. The highest BCUT2D eigenvalue weighted by molar-refractivity contribution is 5.93. The Hall–Kier alpha value is -2.25. The van der Waals surface area contributed by atoms with Gasteiger partial charge in [0.2, 0.25) is 0 Å². The summed E-state index contributed by atoms with van der Waals surface area (Å²) < 4.78 is 7.61. The van der Waals surface area contributed by atoms with E-state index in [1.54, 1.807) is 0 Å². The summed E-state index contributed by atoms with van der Waals surface area (Å²) in [6.07, 6.45) is 6.38. The van der Waals surface area contributed by atoms with Gasteiger partial charge in [-0.2, -0.15) is 4.68 Å². The van der Waals surface area contributed by atoms with Crippen LogP contribution in [0.5, 0.6) is 0 Å². The van der Waals surface area contributed by atoms with E-state index in [9.17, 15) is 9.59 Å². The molecule has 2 heterocycles. The van der Waals surface area contributed by atoms with Gasteiger partial charge in [-0.1, -0.05) is 31.4 Å². The molecule has 0 aliphatic rings. The Morgan fingerprint density at radius 2 is 2.14 bits per heavy atom. The van der Waals surface area contributed by atoms with Crippen molar-refractivity contribution < 1.29 is 9.53 Å². The van der Waals surface area contributed by atoms with Gasteiger partial charge in [0.05, 0.1) is 6.10 Å². The van der Waals surface area contributed by atoms with E-state index in [0.29, 0.717) is 0 Å². The van der Waals surface area contributed by atoms with Crippen LogP contribution in [0.15, 0.2) is 11.1 Å². The summed E-state index contributed by atoms with van der Waals surface area (Å²) in [4.78, 5) is 27.9. The summed E-state index contributed by atoms with van der Waals surface area (Å²) in [7, 11) is 1.48. The van der Waals surface area contributed by atoms with Gasteiger partial charge >= 0.3 is 11.7 Å². The topological polar surface area (TPSA) is 91.4 Å². The Kier molecular flexibility index (Phi) is 5.24. The molecule has 0 fully saturated rings. The Morgan fingerprint density at radius 3 is 2.86 bits per heavy atom. The molecule has 22 heavy (non-hydrogen) atoms. The minimum Gasteiger partial charge on any atom is -0.458 e. The number of ether oxygens (including phenoxy) is 1. The molecule has 8 heteroatoms. The maximum atomic E-state index is 12.1. The molecule has 2 rings (SSSR count). The molecule has 1 unspecified atom stereocenters. The van der Waals surface area contributed by atoms with Gasteiger partial charge in [0.25, 0.3) is 0 Å². The zero-order valence-electron chi connectivity index (χ0n) is 13.2. The van der Waals surface area contributed by atoms with Crippen molar-refractivity contribution in [3.05, 3.63) is 22.5 Å². The fraction of sp³-hybridized carbons (Fsp3) is 0.643. The van der Waals surface area contributed by atoms with E-state index in [1.807, 2.05) is 6.92 Å². The van der Waals surface area contributed by atoms with Crippen molar-refractivity contribution in [1.29, 1.82) is 0 Å². The molecule has 0 bridgehead atoms. The highest BCUT2D eigenvalue weighted by atomic mass is 16.5. The summed E-state index contributed by atoms with van der Waals surface area (Å²) in [5.74, 6) is -0.576. The molecule has 0 saturated heterocycles. The molecular weight excluding hydrogens is 286 g/mol. The van der Waals surface area contributed by atoms with Crippen LogP contribution in [0.1, 0.15) is 56.4 Å². The van der Waals surface area contributed by atoms with Crippen molar-refractivity contribution in [3.8, 4) is 0 Å². The van der Waals surface area contributed by atoms with Crippen LogP contribution in [-0.2, 0) is 11.8 Å². The lowest BCUT2D eigenvalue weighted by Gasteiger charge is -2.12. The van der Waals surface area contributed by atoms with E-state index in [0.717, 1.165) is 23.9 Å². The van der Waals surface area contributed by atoms with Crippen molar-refractivity contribution in [3.63, 3.8) is 0 Å². The lowest BCUT2D eigenvalue weighted by molar-refractivity contribution is 0.0315. The van der Waals surface area contributed by atoms with Crippen molar-refractivity contribution in [2.24, 2.45) is 7.05 Å². The van der Waals surface area contributed by atoms with E-state index in [2.05, 4.69) is 22.2 Å². The van der Waals surface area contributed by atoms with Crippen LogP contribution in [0.3, 0.4) is 0 Å². The Labute approximate surface area is 128 Å². The molecule has 2 aromatic rings. The maximum Gasteiger partial charge on any atom is 0.361 e. The van der Waals surface area contributed by atoms with Crippen molar-refractivity contribution in [2.75, 3.05) is 0 Å². The molecule has 0 aliphatic heterocycles. The van der Waals surface area contributed by atoms with E-state index in [1.165, 1.54) is 30.6 Å². The number of rotatable bonds is 7. The average molecular weight is 307 g/mol. The number of carbonyl (C=O) groups is 1. The molecule has 1 atom stereocenters. The largest absolute Gasteiger partial charge is 0.458 e. The van der Waals surface area contributed by atoms with E-state index in [4.69, 9.17) is 4.74 Å². The first-order chi connectivity index (χ1) is 10.5. The number of esters is 1. The highest BCUT2D eigenvalue weighted by Crippen LogP contribution is 2.11. The smallest absolute Gasteiger partial charge is 0.361 e. The molecule has 0 spiro atoms. The summed E-state index contributed by atoms with van der Waals surface area (Å²) in [6, 6.07) is 0. The summed E-state index contributed by atoms with van der Waals surface area (Å²) in [6.45, 7) is 4.01. The zero-order valence-corrected chi connectivity index (χ0v) is 13.2. The SMILES string of the molecule is CCCCCCC(C)OC(=O)c1ncn2c(=O)n(C)nnc12. The number of aromatic nitrogens is 5. The molecule has 0 saturated carbocycles. The third-order valence-corrected chi connectivity index (χ3v) is 3.46. The van der Waals surface area contributed by atoms with E-state index < -0.39 is 11.7 Å². The number of hydrogen-bond acceptors (Lipinski definition) is 6. The second kappa shape index (κ2) is 7.15. The van der Waals surface area contributed by atoms with Gasteiger partial charge in [-0.25, -0.2) is 19.0 Å². The lowest BCUT2D eigenvalue weighted by Crippen LogP contribution is -2.27. The number of nitrogens with zero attached hydrogens (tertiary/aromatic N) is 5. The van der Waals surface area contributed by atoms with Crippen molar-refractivity contribution >= 4 is 11.6 Å². The van der Waals surface area contributed by atoms with Crippen LogP contribution < -0.4 is 5.69 Å². The number of hydrogen-bond donors (Lipinski definition) is 0. The molecular formula is C14H21N5O3. The second-order valence-corrected chi connectivity index (χ2v) is 5.35. The zero-order chi connectivity index (χ0) is 16.1. The first-order valence-electron chi connectivity index (χ1n) is 7.52. The Bertz CT molecular complexity index is 706. The molecule has 0 aliphatic carbocycles. The number of fused-ring (bicyclic) bond motifs is 1. The third-order valence-electron chi connectivity index (χ3n) is 3.46. The van der Waals surface area contributed by atoms with Crippen LogP contribution in [-0.4, -0.2) is 36.5 Å². The standard InChI is InChI=1S/C14H21N5O3/c1-4-5-6-7-8-10(2)22-13(20)11-12-16-17-18(3)14(21)19(12)9-15-11/h9-10H,4-8H2,1-3H3. The van der Waals surface area contributed by atoms with Gasteiger partial charge in [-0.15, -0.1) is 5.10 Å². The van der Waals surface area contributed by atoms with Gasteiger partial charge in [-0.05, 0) is 19.8 Å². The maximum absolute atomic E-state index is 12.1. The number of imidazole rings is 1. The first-order valence-corrected chi connectivity index (χ1v) is 7.52. The molecule has 0 amide bonds. The predicted octanol–water partition coefficient (Wildman–Crippen LogP) is 1.34. The Balaban J connectivity index is 2.04. The van der Waals surface area contributed by atoms with Gasteiger partial charge in [0.15, 0.2) is 11.3 Å². The summed E-state index contributed by atoms with van der Waals surface area (Å²) in [5.41, 5.74) is -0.277. The fourth-order valence-electron chi connectivity index (χ4n) is 2.18. The Morgan fingerprint density at radius 1 is 1.36 bits per heavy atom. The van der Waals surface area contributed by atoms with Crippen LogP contribution in [0.4, 0.5) is 0 Å². The lowest BCUT2D eigenvalue weighted by atomic mass is 10.1. The van der Waals surface area contributed by atoms with Gasteiger partial charge in [0.1, 0.15) is 6.33 Å². The quantitative estimate of drug-likeness (QED) is 0.566. The van der Waals surface area contributed by atoms with E-state index in [-0.39, 0.29) is 17.4 Å². The van der Waals surface area contributed by atoms with Crippen LogP contribution in [0.25, 0.3) is 5.65 Å². The van der Waals surface area contributed by atoms with Crippen LogP contribution >= 0.6 is 0 Å². The van der Waals surface area contributed by atoms with Gasteiger partial charge in [0, 0.05) is 7.05 Å². The van der Waals surface area contributed by atoms with Gasteiger partial charge < -0.3 is 4.74 Å². The molecule has 0 radical (unpaired) electrons. The van der Waals surface area contributed by atoms with E-state index >= 15 is 0 Å². The molecule has 0 N–H and O–H groups in total. The van der Waals surface area contributed by atoms with Gasteiger partial charge in [-0.3, -0.25) is 0 Å². The van der Waals surface area contributed by atoms with Crippen LogP contribution in [0.2, 0.25) is 0 Å². The first kappa shape index (κ1) is 16.1. The molecule has 0 aromatic carbocycles. The minimum atomic E-state index is -0.576. The number of unbranched alkanes of at least 4 members (excludes halogenated alkanes) is 3. The highest BCUT2D eigenvalue weighted by Gasteiger charge is 2.20. The monoisotopic (exact) mass is 307 g/mol. The average Bonchev–Trinajstić information content (AvgIpc) is 2.92. The molecule has 120 valence electrons. The number of carbonyl (C=O) groups excluding carboxylic acids is 1. The second-order valence-electron chi connectivity index (χ2n) is 5.35.